The lowest BCUT2D eigenvalue weighted by Crippen LogP contribution is -2.17. The van der Waals surface area contributed by atoms with Gasteiger partial charge in [-0.2, -0.15) is 13.2 Å². The van der Waals surface area contributed by atoms with Gasteiger partial charge in [0.1, 0.15) is 0 Å². The molecule has 0 radical (unpaired) electrons. The lowest BCUT2D eigenvalue weighted by atomic mass is 10.1. The monoisotopic (exact) mass is 220 g/mol. The van der Waals surface area contributed by atoms with E-state index in [-0.39, 0.29) is 17.1 Å². The summed E-state index contributed by atoms with van der Waals surface area (Å²) in [6.45, 7) is 0. The van der Waals surface area contributed by atoms with Gasteiger partial charge in [0, 0.05) is 12.6 Å². The summed E-state index contributed by atoms with van der Waals surface area (Å²) in [7, 11) is 0. The topological polar surface area (TPSA) is 38.9 Å². The molecule has 0 aromatic carbocycles. The lowest BCUT2D eigenvalue weighted by Gasteiger charge is -2.10. The van der Waals surface area contributed by atoms with Crippen LogP contribution < -0.4 is 5.73 Å². The van der Waals surface area contributed by atoms with Gasteiger partial charge in [0.2, 0.25) is 0 Å². The summed E-state index contributed by atoms with van der Waals surface area (Å²) in [6.07, 6.45) is -3.26. The summed E-state index contributed by atoms with van der Waals surface area (Å²) in [5.74, 6) is 0. The van der Waals surface area contributed by atoms with Crippen LogP contribution in [0.2, 0.25) is 0 Å². The minimum Gasteiger partial charge on any atom is -0.393 e. The van der Waals surface area contributed by atoms with Gasteiger partial charge in [-0.25, -0.2) is 0 Å². The van der Waals surface area contributed by atoms with Crippen LogP contribution in [0.1, 0.15) is 11.3 Å². The molecule has 0 atom stereocenters. The van der Waals surface area contributed by atoms with E-state index in [2.05, 4.69) is 17.2 Å². The predicted molar refractivity (Wildman–Crippen MR) is 49.7 cm³/mol. The number of rotatable bonds is 2. The van der Waals surface area contributed by atoms with Crippen LogP contribution >= 0.6 is 12.2 Å². The fourth-order valence-corrected chi connectivity index (χ4v) is 1.14. The van der Waals surface area contributed by atoms with Gasteiger partial charge in [-0.1, -0.05) is 12.2 Å². The summed E-state index contributed by atoms with van der Waals surface area (Å²) < 4.78 is 37.1. The normalized spacial score (nSPS) is 11.4. The third-order valence-electron chi connectivity index (χ3n) is 1.54. The number of aromatic nitrogens is 1. The summed E-state index contributed by atoms with van der Waals surface area (Å²) in [4.78, 5) is 3.59. The van der Waals surface area contributed by atoms with Gasteiger partial charge < -0.3 is 5.73 Å². The molecule has 0 saturated carbocycles. The Morgan fingerprint density at radius 1 is 1.50 bits per heavy atom. The largest absolute Gasteiger partial charge is 0.418 e. The van der Waals surface area contributed by atoms with Crippen LogP contribution in [0.3, 0.4) is 0 Å². The number of nitrogens with zero attached hydrogens (tertiary/aromatic N) is 1. The fourth-order valence-electron chi connectivity index (χ4n) is 1.00. The summed E-state index contributed by atoms with van der Waals surface area (Å²) in [5, 5.41) is 0. The van der Waals surface area contributed by atoms with Crippen LogP contribution in [-0.2, 0) is 12.6 Å². The Kier molecular flexibility index (Phi) is 3.05. The number of alkyl halides is 3. The van der Waals surface area contributed by atoms with E-state index in [0.717, 1.165) is 6.07 Å². The van der Waals surface area contributed by atoms with Crippen LogP contribution in [0.25, 0.3) is 0 Å². The first kappa shape index (κ1) is 10.9. The molecule has 0 aliphatic rings. The summed E-state index contributed by atoms with van der Waals surface area (Å²) in [5.41, 5.74) is 4.24. The highest BCUT2D eigenvalue weighted by molar-refractivity contribution is 7.80. The highest BCUT2D eigenvalue weighted by Crippen LogP contribution is 2.30. The zero-order valence-electron chi connectivity index (χ0n) is 7.01. The molecule has 14 heavy (non-hydrogen) atoms. The van der Waals surface area contributed by atoms with Crippen molar-refractivity contribution in [1.82, 2.24) is 4.98 Å². The Labute approximate surface area is 83.9 Å². The van der Waals surface area contributed by atoms with Crippen molar-refractivity contribution < 1.29 is 13.2 Å². The maximum atomic E-state index is 12.4. The number of hydrogen-bond acceptors (Lipinski definition) is 2. The molecule has 1 aromatic heterocycles. The molecule has 0 saturated heterocycles. The molecule has 6 heteroatoms. The van der Waals surface area contributed by atoms with E-state index < -0.39 is 11.7 Å². The van der Waals surface area contributed by atoms with Crippen molar-refractivity contribution in [2.45, 2.75) is 12.6 Å². The Morgan fingerprint density at radius 3 is 2.64 bits per heavy atom. The van der Waals surface area contributed by atoms with Gasteiger partial charge >= 0.3 is 6.18 Å². The molecule has 0 spiro atoms. The van der Waals surface area contributed by atoms with E-state index in [0.29, 0.717) is 0 Å². The zero-order chi connectivity index (χ0) is 10.8. The lowest BCUT2D eigenvalue weighted by molar-refractivity contribution is -0.138. The Balaban J connectivity index is 3.10. The SMILES string of the molecule is NC(=S)Cc1ncccc1C(F)(F)F. The van der Waals surface area contributed by atoms with Crippen molar-refractivity contribution >= 4 is 17.2 Å². The molecular weight excluding hydrogens is 213 g/mol. The number of nitrogens with two attached hydrogens (primary N) is 1. The predicted octanol–water partition coefficient (Wildman–Crippen LogP) is 1.93. The van der Waals surface area contributed by atoms with Crippen molar-refractivity contribution in [3.8, 4) is 0 Å². The standard InChI is InChI=1S/C8H7F3N2S/c9-8(10,11)5-2-1-3-13-6(5)4-7(12)14/h1-3H,4H2,(H2,12,14). The highest BCUT2D eigenvalue weighted by atomic mass is 32.1. The van der Waals surface area contributed by atoms with E-state index in [1.165, 1.54) is 12.3 Å². The highest BCUT2D eigenvalue weighted by Gasteiger charge is 2.33. The number of pyridine rings is 1. The molecule has 1 aromatic rings. The molecule has 1 rings (SSSR count). The van der Waals surface area contributed by atoms with Crippen LogP contribution in [0.4, 0.5) is 13.2 Å². The molecule has 2 nitrogen and oxygen atoms in total. The number of halogens is 3. The van der Waals surface area contributed by atoms with Crippen molar-refractivity contribution in [2.75, 3.05) is 0 Å². The quantitative estimate of drug-likeness (QED) is 0.774. The van der Waals surface area contributed by atoms with E-state index in [1.54, 1.807) is 0 Å². The first-order valence-electron chi connectivity index (χ1n) is 3.70. The van der Waals surface area contributed by atoms with Gasteiger partial charge in [-0.3, -0.25) is 4.98 Å². The minimum absolute atomic E-state index is 0.00537. The van der Waals surface area contributed by atoms with Gasteiger partial charge in [0.15, 0.2) is 0 Å². The molecular formula is C8H7F3N2S. The third kappa shape index (κ3) is 2.66. The second-order valence-electron chi connectivity index (χ2n) is 2.64. The number of thiocarbonyl (C=S) groups is 1. The first-order chi connectivity index (χ1) is 6.41. The molecule has 76 valence electrons. The average molecular weight is 220 g/mol. The smallest absolute Gasteiger partial charge is 0.393 e. The van der Waals surface area contributed by atoms with Crippen LogP contribution in [0.5, 0.6) is 0 Å². The maximum Gasteiger partial charge on any atom is 0.418 e. The average Bonchev–Trinajstić information content (AvgIpc) is 2.01. The van der Waals surface area contributed by atoms with E-state index in [1.807, 2.05) is 0 Å². The third-order valence-corrected chi connectivity index (χ3v) is 1.68. The van der Waals surface area contributed by atoms with E-state index in [9.17, 15) is 13.2 Å². The zero-order valence-corrected chi connectivity index (χ0v) is 7.82. The van der Waals surface area contributed by atoms with Gasteiger partial charge in [0.25, 0.3) is 0 Å². The fraction of sp³-hybridized carbons (Fsp3) is 0.250. The van der Waals surface area contributed by atoms with Crippen LogP contribution in [-0.4, -0.2) is 9.97 Å². The molecule has 0 aliphatic heterocycles. The molecule has 0 bridgehead atoms. The minimum atomic E-state index is -4.41. The van der Waals surface area contributed by atoms with Gasteiger partial charge in [0.05, 0.1) is 16.2 Å². The van der Waals surface area contributed by atoms with Crippen molar-refractivity contribution in [3.05, 3.63) is 29.6 Å². The van der Waals surface area contributed by atoms with Gasteiger partial charge in [-0.15, -0.1) is 0 Å². The number of hydrogen-bond donors (Lipinski definition) is 1. The molecule has 0 amide bonds. The van der Waals surface area contributed by atoms with E-state index >= 15 is 0 Å². The molecule has 0 fully saturated rings. The Hall–Kier alpha value is -1.17. The maximum absolute atomic E-state index is 12.4. The second-order valence-corrected chi connectivity index (χ2v) is 3.16. The Bertz CT molecular complexity index is 349. The van der Waals surface area contributed by atoms with Crippen molar-refractivity contribution in [3.63, 3.8) is 0 Å². The van der Waals surface area contributed by atoms with Crippen molar-refractivity contribution in [1.29, 1.82) is 0 Å². The summed E-state index contributed by atoms with van der Waals surface area (Å²) >= 11 is 4.53. The van der Waals surface area contributed by atoms with Gasteiger partial charge in [-0.05, 0) is 12.1 Å². The van der Waals surface area contributed by atoms with Crippen LogP contribution in [0, 0.1) is 0 Å². The van der Waals surface area contributed by atoms with E-state index in [4.69, 9.17) is 5.73 Å². The second kappa shape index (κ2) is 3.91. The molecule has 0 aliphatic carbocycles. The first-order valence-corrected chi connectivity index (χ1v) is 4.11. The van der Waals surface area contributed by atoms with Crippen LogP contribution in [0.15, 0.2) is 18.3 Å². The van der Waals surface area contributed by atoms with Crippen molar-refractivity contribution in [2.24, 2.45) is 5.73 Å². The summed E-state index contributed by atoms with van der Waals surface area (Å²) in [6, 6.07) is 2.19. The molecule has 1 heterocycles. The molecule has 2 N–H and O–H groups in total. The Morgan fingerprint density at radius 2 is 2.14 bits per heavy atom. The molecule has 0 unspecified atom stereocenters.